The summed E-state index contributed by atoms with van der Waals surface area (Å²) in [6.07, 6.45) is 10.7. The topological polar surface area (TPSA) is 341 Å². The number of ether oxygens (including phenoxy) is 8. The number of rotatable bonds is 21. The number of nitrogens with one attached hydrogen (secondary N) is 2. The third-order valence-electron chi connectivity index (χ3n) is 19.0. The van der Waals surface area contributed by atoms with Crippen molar-refractivity contribution in [1.29, 1.82) is 0 Å². The Hall–Kier alpha value is -5.36. The highest BCUT2D eigenvalue weighted by atomic mass is 32.2. The largest absolute Gasteiger partial charge is 0.466 e. The van der Waals surface area contributed by atoms with Gasteiger partial charge in [0, 0.05) is 73.8 Å². The van der Waals surface area contributed by atoms with Crippen molar-refractivity contribution >= 4 is 86.7 Å². The number of methoxy groups -OCH3 is 1. The average molecular weight is 1460 g/mol. The van der Waals surface area contributed by atoms with Gasteiger partial charge in [-0.25, -0.2) is 14.6 Å². The molecule has 10 bridgehead atoms. The molecule has 2 amide bonds. The maximum atomic E-state index is 13.4. The molecule has 0 spiro atoms. The summed E-state index contributed by atoms with van der Waals surface area (Å²) in [6.45, 7) is 21.6. The number of allylic oxidation sites excluding steroid dienone is 1. The lowest BCUT2D eigenvalue weighted by atomic mass is 9.70. The first-order chi connectivity index (χ1) is 47.3. The molecule has 1 aromatic rings. The first-order valence-electron chi connectivity index (χ1n) is 35.5. The second-order valence-electron chi connectivity index (χ2n) is 28.7. The molecule has 1 aromatic heterocycles. The molecule has 560 valence electrons. The van der Waals surface area contributed by atoms with Crippen molar-refractivity contribution in [3.8, 4) is 0 Å². The van der Waals surface area contributed by atoms with Crippen LogP contribution in [0.3, 0.4) is 0 Å². The van der Waals surface area contributed by atoms with Gasteiger partial charge in [-0.05, 0) is 63.0 Å². The van der Waals surface area contributed by atoms with Crippen molar-refractivity contribution in [3.63, 3.8) is 0 Å². The molecule has 7 rings (SSSR count). The number of fused-ring (bicyclic) bond motifs is 10. The normalized spacial score (nSPS) is 31.3. The Morgan fingerprint density at radius 1 is 0.860 bits per heavy atom. The van der Waals surface area contributed by atoms with E-state index in [2.05, 4.69) is 41.0 Å². The van der Waals surface area contributed by atoms with Gasteiger partial charge in [0.15, 0.2) is 17.0 Å². The summed E-state index contributed by atoms with van der Waals surface area (Å²) in [5.41, 5.74) is -1.85. The van der Waals surface area contributed by atoms with E-state index in [1.54, 1.807) is 52.8 Å². The van der Waals surface area contributed by atoms with Crippen LogP contribution < -0.4 is 10.6 Å². The predicted octanol–water partition coefficient (Wildman–Crippen LogP) is 9.83. The predicted molar refractivity (Wildman–Crippen MR) is 380 cm³/mol. The van der Waals surface area contributed by atoms with Crippen LogP contribution in [-0.4, -0.2) is 181 Å². The molecule has 0 radical (unpaired) electrons. The van der Waals surface area contributed by atoms with E-state index >= 15 is 0 Å². The van der Waals surface area contributed by atoms with Gasteiger partial charge in [0.1, 0.15) is 45.6 Å². The molecule has 0 unspecified atom stereocenters. The summed E-state index contributed by atoms with van der Waals surface area (Å²) in [5.74, 6) is -7.43. The van der Waals surface area contributed by atoms with Crippen LogP contribution in [0, 0.1) is 16.7 Å². The Morgan fingerprint density at radius 3 is 2.23 bits per heavy atom. The molecule has 6 aliphatic rings. The SMILES string of the molecule is C=C1C[C@H]2C[C@]3(O)O[C@H](C[C@@H](O)CC(=O)O[C@@H](CO)C[C@@H]4C/C(=C\C(=O)OC)[C@H](OC(=O)CCCCCCC)[C@@](O)(O4)C(C)(C)/C=C/[C@@H](C1)O2)C[C@H](OC(C)=O)C3(C)C.CCCCCCCC(=O)SCC/C=C/[C@@H]1CC(=O)NCc2nc(cs2)C2=N[C@@](C)(CS2)C(=O)N[C@@H](C(C)C)C(=O)O1. The number of cyclic esters (lactones) is 2. The van der Waals surface area contributed by atoms with E-state index in [1.807, 2.05) is 25.3 Å². The van der Waals surface area contributed by atoms with Crippen LogP contribution >= 0.6 is 34.9 Å². The fraction of sp³-hybridized carbons (Fsp3) is 0.726. The van der Waals surface area contributed by atoms with E-state index < -0.39 is 132 Å². The lowest BCUT2D eigenvalue weighted by molar-refractivity contribution is -0.348. The average Bonchev–Trinajstić information content (AvgIpc) is 0.982. The van der Waals surface area contributed by atoms with Gasteiger partial charge in [0.2, 0.25) is 17.6 Å². The molecule has 0 saturated carbocycles. The van der Waals surface area contributed by atoms with Crippen molar-refractivity contribution < 1.29 is 96.7 Å². The smallest absolute Gasteiger partial charge is 0.330 e. The Balaban J connectivity index is 0.000000336. The number of hydrogen-bond acceptors (Lipinski definition) is 25. The van der Waals surface area contributed by atoms with Crippen LogP contribution in [-0.2, 0) is 82.8 Å². The van der Waals surface area contributed by atoms with Crippen molar-refractivity contribution in [2.45, 2.75) is 295 Å². The monoisotopic (exact) mass is 1460 g/mol. The Kier molecular flexibility index (Phi) is 32.6. The number of aliphatic hydroxyl groups excluding tert-OH is 2. The summed E-state index contributed by atoms with van der Waals surface area (Å²) in [7, 11) is 1.20. The Bertz CT molecular complexity index is 3090. The van der Waals surface area contributed by atoms with Gasteiger partial charge in [-0.3, -0.25) is 33.8 Å². The quantitative estimate of drug-likeness (QED) is 0.0219. The molecule has 100 heavy (non-hydrogen) atoms. The number of nitrogens with zero attached hydrogens (tertiary/aromatic N) is 2. The Labute approximate surface area is 602 Å². The molecule has 27 heteroatoms. The zero-order chi connectivity index (χ0) is 73.6. The highest BCUT2D eigenvalue weighted by Gasteiger charge is 2.60. The second-order valence-corrected chi connectivity index (χ2v) is 31.8. The number of carbonyl (C=O) groups excluding carboxylic acids is 8. The van der Waals surface area contributed by atoms with E-state index in [9.17, 15) is 58.8 Å². The number of aromatic nitrogens is 1. The second kappa shape index (κ2) is 39.0. The number of amides is 2. The summed E-state index contributed by atoms with van der Waals surface area (Å²) in [6, 6.07) is -0.896. The lowest BCUT2D eigenvalue weighted by Gasteiger charge is -2.53. The first-order valence-corrected chi connectivity index (χ1v) is 38.3. The zero-order valence-corrected chi connectivity index (χ0v) is 62.8. The zero-order valence-electron chi connectivity index (χ0n) is 60.3. The lowest BCUT2D eigenvalue weighted by Crippen LogP contribution is -2.62. The summed E-state index contributed by atoms with van der Waals surface area (Å²) >= 11 is 4.18. The van der Waals surface area contributed by atoms with Gasteiger partial charge in [-0.15, -0.1) is 23.1 Å². The molecular weight excluding hydrogens is 1350 g/mol. The molecule has 6 aliphatic heterocycles. The fourth-order valence-corrected chi connectivity index (χ4v) is 15.5. The van der Waals surface area contributed by atoms with Crippen molar-refractivity contribution in [1.82, 2.24) is 15.6 Å². The van der Waals surface area contributed by atoms with Crippen LogP contribution in [0.5, 0.6) is 0 Å². The van der Waals surface area contributed by atoms with Gasteiger partial charge in [0.25, 0.3) is 0 Å². The minimum Gasteiger partial charge on any atom is -0.466 e. The van der Waals surface area contributed by atoms with Gasteiger partial charge in [0.05, 0.1) is 69.0 Å². The van der Waals surface area contributed by atoms with E-state index in [0.717, 1.165) is 55.2 Å². The number of esters is 5. The van der Waals surface area contributed by atoms with Gasteiger partial charge < -0.3 is 69.0 Å². The van der Waals surface area contributed by atoms with Crippen LogP contribution in [0.4, 0.5) is 0 Å². The third kappa shape index (κ3) is 24.4. The number of unbranched alkanes of at least 4 members (excludes halogenated alkanes) is 8. The van der Waals surface area contributed by atoms with Gasteiger partial charge in [-0.2, -0.15) is 0 Å². The minimum atomic E-state index is -2.33. The number of carbonyl (C=O) groups is 8. The number of thiazole rings is 1. The summed E-state index contributed by atoms with van der Waals surface area (Å²) < 4.78 is 47.4. The van der Waals surface area contributed by atoms with Crippen LogP contribution in [0.2, 0.25) is 0 Å². The van der Waals surface area contributed by atoms with E-state index in [1.165, 1.54) is 68.2 Å². The summed E-state index contributed by atoms with van der Waals surface area (Å²) in [4.78, 5) is 112. The fourth-order valence-electron chi connectivity index (χ4n) is 12.8. The number of aliphatic imine (C=N–C) groups is 1. The first kappa shape index (κ1) is 83.6. The summed E-state index contributed by atoms with van der Waals surface area (Å²) in [5, 5.41) is 55.8. The van der Waals surface area contributed by atoms with E-state index in [4.69, 9.17) is 37.9 Å². The molecular formula is C73H110N4O20S3. The number of thioether (sulfide) groups is 2. The molecule has 0 aromatic carbocycles. The van der Waals surface area contributed by atoms with Crippen molar-refractivity contribution in [3.05, 3.63) is 64.2 Å². The van der Waals surface area contributed by atoms with Gasteiger partial charge in [-0.1, -0.05) is 149 Å². The highest BCUT2D eigenvalue weighted by Crippen LogP contribution is 2.50. The molecule has 24 nitrogen and oxygen atoms in total. The van der Waals surface area contributed by atoms with Gasteiger partial charge >= 0.3 is 29.8 Å². The molecule has 13 atom stereocenters. The van der Waals surface area contributed by atoms with E-state index in [0.29, 0.717) is 54.3 Å². The standard InChI is InChI=1S/C44H68O15.C29H42N4O5S3/c1-9-10-11-12-13-14-37(48)57-40-29(20-38(49)53-8)19-32-23-35(26-45)56-39(50)22-30(47)21-33-24-36(54-28(3)46)42(6,7)43(51,58-33)25-34-18-27(2)17-31(55-34)15-16-41(4,5)44(40,52)59-32;1-5-6-7-8-9-13-24(35)39-14-11-10-12-20-15-22(34)30-16-23-31-21(17-40-23)26-33-29(4,18-41-26)28(37)32-25(19(2)3)27(36)38-20/h15-16,20,30-36,40,45,47,51-52H,2,9-14,17-19,21-26H2,1,3-8H3;10,12,17,19-20,25H,5-9,11,13-16,18H2,1-4H3,(H,30,34)(H,32,37)/b16-15+,29-20+;12-10+/t30-,31+,32+,33-,34+,35-,36+,40+,43+,44-;20-,25+,29+/m11/s1. The maximum Gasteiger partial charge on any atom is 0.330 e. The maximum absolute atomic E-state index is 13.4. The number of aliphatic hydroxyl groups is 4. The molecule has 6 N–H and O–H groups in total. The van der Waals surface area contributed by atoms with E-state index in [-0.39, 0.29) is 79.9 Å². The number of hydrogen-bond donors (Lipinski definition) is 6. The van der Waals surface area contributed by atoms with Crippen molar-refractivity contribution in [2.24, 2.45) is 21.7 Å². The molecule has 0 aliphatic carbocycles. The van der Waals surface area contributed by atoms with Crippen LogP contribution in [0.1, 0.15) is 221 Å². The highest BCUT2D eigenvalue weighted by molar-refractivity contribution is 8.14. The molecule has 3 saturated heterocycles. The van der Waals surface area contributed by atoms with Crippen LogP contribution in [0.25, 0.3) is 0 Å². The third-order valence-corrected chi connectivity index (χ3v) is 22.1. The van der Waals surface area contributed by atoms with Crippen molar-refractivity contribution in [2.75, 3.05) is 25.2 Å². The minimum absolute atomic E-state index is 0.0582. The molecule has 3 fully saturated rings. The van der Waals surface area contributed by atoms with Crippen LogP contribution in [0.15, 0.2) is 58.5 Å². The Morgan fingerprint density at radius 2 is 1.56 bits per heavy atom. The molecule has 7 heterocycles.